The minimum Gasteiger partial charge on any atom is -0.381 e. The lowest BCUT2D eigenvalue weighted by molar-refractivity contribution is -0.122. The molecule has 0 atom stereocenters. The smallest absolute Gasteiger partial charge is 0.227 e. The summed E-state index contributed by atoms with van der Waals surface area (Å²) in [5.74, 6) is 0.160. The number of amides is 1. The Morgan fingerprint density at radius 2 is 2.00 bits per heavy atom. The van der Waals surface area contributed by atoms with Crippen LogP contribution < -0.4 is 5.32 Å². The van der Waals surface area contributed by atoms with Gasteiger partial charge in [0.25, 0.3) is 0 Å². The third-order valence-corrected chi connectivity index (χ3v) is 3.65. The highest BCUT2D eigenvalue weighted by Gasteiger charge is 2.24. The molecule has 2 heterocycles. The second-order valence-electron chi connectivity index (χ2n) is 5.46. The lowest BCUT2D eigenvalue weighted by Gasteiger charge is -2.21. The Balaban J connectivity index is 2.12. The minimum atomic E-state index is 0.0648. The molecule has 1 aliphatic heterocycles. The second-order valence-corrected chi connectivity index (χ2v) is 5.46. The normalized spacial score (nSPS) is 16.9. The van der Waals surface area contributed by atoms with Crippen LogP contribution in [0.15, 0.2) is 0 Å². The highest BCUT2D eigenvalue weighted by atomic mass is 16.5. The van der Waals surface area contributed by atoms with E-state index in [4.69, 9.17) is 4.74 Å². The predicted octanol–water partition coefficient (Wildman–Crippen LogP) is 2.45. The molecule has 0 unspecified atom stereocenters. The first-order valence-corrected chi connectivity index (χ1v) is 6.95. The first-order chi connectivity index (χ1) is 9.00. The molecule has 0 saturated carbocycles. The van der Waals surface area contributed by atoms with E-state index < -0.39 is 0 Å². The second kappa shape index (κ2) is 5.74. The van der Waals surface area contributed by atoms with Crippen LogP contribution >= 0.6 is 0 Å². The number of nitrogens with zero attached hydrogens (tertiary/aromatic N) is 2. The van der Waals surface area contributed by atoms with Gasteiger partial charge in [-0.05, 0) is 40.5 Å². The maximum absolute atomic E-state index is 12.2. The fourth-order valence-electron chi connectivity index (χ4n) is 2.53. The molecule has 1 N–H and O–H groups in total. The Hall–Kier alpha value is -1.36. The summed E-state index contributed by atoms with van der Waals surface area (Å²) in [5.41, 5.74) is 2.77. The van der Waals surface area contributed by atoms with E-state index >= 15 is 0 Å². The number of carbonyl (C=O) groups excluding carboxylic acids is 1. The highest BCUT2D eigenvalue weighted by Crippen LogP contribution is 2.24. The van der Waals surface area contributed by atoms with Gasteiger partial charge in [-0.1, -0.05) is 0 Å². The van der Waals surface area contributed by atoms with Gasteiger partial charge in [0.1, 0.15) is 0 Å². The number of ether oxygens (including phenoxy) is 1. The molecule has 0 aliphatic carbocycles. The van der Waals surface area contributed by atoms with Gasteiger partial charge in [0.2, 0.25) is 5.91 Å². The average Bonchev–Trinajstić information content (AvgIpc) is 2.68. The number of rotatable bonds is 3. The first-order valence-electron chi connectivity index (χ1n) is 6.95. The lowest BCUT2D eigenvalue weighted by Crippen LogP contribution is -2.28. The van der Waals surface area contributed by atoms with E-state index in [0.29, 0.717) is 19.3 Å². The van der Waals surface area contributed by atoms with Gasteiger partial charge in [0.15, 0.2) is 0 Å². The molecule has 106 valence electrons. The number of carbonyl (C=O) groups is 1. The van der Waals surface area contributed by atoms with Crippen LogP contribution in [0.1, 0.15) is 44.1 Å². The Morgan fingerprint density at radius 1 is 1.37 bits per heavy atom. The van der Waals surface area contributed by atoms with E-state index in [0.717, 1.165) is 29.9 Å². The zero-order valence-corrected chi connectivity index (χ0v) is 12.2. The van der Waals surface area contributed by atoms with Crippen molar-refractivity contribution in [2.24, 2.45) is 5.92 Å². The lowest BCUT2D eigenvalue weighted by atomic mass is 9.99. The molecule has 1 aliphatic rings. The van der Waals surface area contributed by atoms with Crippen LogP contribution in [0, 0.1) is 19.8 Å². The molecular weight excluding hydrogens is 242 g/mol. The van der Waals surface area contributed by atoms with Crippen molar-refractivity contribution in [3.05, 3.63) is 11.4 Å². The van der Waals surface area contributed by atoms with E-state index in [1.54, 1.807) is 0 Å². The van der Waals surface area contributed by atoms with Crippen molar-refractivity contribution in [2.45, 2.75) is 46.6 Å². The van der Waals surface area contributed by atoms with Gasteiger partial charge < -0.3 is 10.1 Å². The molecule has 1 amide bonds. The molecule has 5 nitrogen and oxygen atoms in total. The zero-order chi connectivity index (χ0) is 14.0. The van der Waals surface area contributed by atoms with Crippen LogP contribution in [-0.4, -0.2) is 28.9 Å². The van der Waals surface area contributed by atoms with Crippen LogP contribution in [0.25, 0.3) is 0 Å². The van der Waals surface area contributed by atoms with Crippen molar-refractivity contribution in [1.29, 1.82) is 0 Å². The topological polar surface area (TPSA) is 56.2 Å². The summed E-state index contributed by atoms with van der Waals surface area (Å²) >= 11 is 0. The molecular formula is C14H23N3O2. The third-order valence-electron chi connectivity index (χ3n) is 3.65. The third kappa shape index (κ3) is 2.97. The Kier molecular flexibility index (Phi) is 4.24. The van der Waals surface area contributed by atoms with Crippen molar-refractivity contribution >= 4 is 11.6 Å². The van der Waals surface area contributed by atoms with Gasteiger partial charge in [-0.2, -0.15) is 5.10 Å². The quantitative estimate of drug-likeness (QED) is 0.913. The van der Waals surface area contributed by atoms with Crippen LogP contribution in [0.5, 0.6) is 0 Å². The number of hydrogen-bond acceptors (Lipinski definition) is 3. The van der Waals surface area contributed by atoms with Gasteiger partial charge in [0, 0.05) is 25.2 Å². The Labute approximate surface area is 114 Å². The number of aryl methyl sites for hydroxylation is 1. The van der Waals surface area contributed by atoms with Crippen molar-refractivity contribution in [2.75, 3.05) is 18.5 Å². The molecule has 1 aromatic rings. The van der Waals surface area contributed by atoms with Crippen molar-refractivity contribution < 1.29 is 9.53 Å². The van der Waals surface area contributed by atoms with Crippen LogP contribution in [0.2, 0.25) is 0 Å². The summed E-state index contributed by atoms with van der Waals surface area (Å²) in [6, 6.07) is 0.299. The molecule has 0 spiro atoms. The number of hydrogen-bond donors (Lipinski definition) is 1. The summed E-state index contributed by atoms with van der Waals surface area (Å²) in [6.07, 6.45) is 1.62. The SMILES string of the molecule is Cc1nn(C(C)C)c(C)c1NC(=O)C1CCOCC1. The molecule has 1 fully saturated rings. The standard InChI is InChI=1S/C14H23N3O2/c1-9(2)17-11(4)13(10(3)16-17)15-14(18)12-5-7-19-8-6-12/h9,12H,5-8H2,1-4H3,(H,15,18). The summed E-state index contributed by atoms with van der Waals surface area (Å²) in [7, 11) is 0. The Bertz CT molecular complexity index is 460. The van der Waals surface area contributed by atoms with Crippen molar-refractivity contribution in [1.82, 2.24) is 9.78 Å². The van der Waals surface area contributed by atoms with E-state index in [1.165, 1.54) is 0 Å². The van der Waals surface area contributed by atoms with Gasteiger partial charge in [-0.25, -0.2) is 0 Å². The van der Waals surface area contributed by atoms with Crippen LogP contribution in [-0.2, 0) is 9.53 Å². The van der Waals surface area contributed by atoms with Gasteiger partial charge in [0.05, 0.1) is 17.1 Å². The zero-order valence-electron chi connectivity index (χ0n) is 12.2. The predicted molar refractivity (Wildman–Crippen MR) is 74.3 cm³/mol. The minimum absolute atomic E-state index is 0.0648. The average molecular weight is 265 g/mol. The van der Waals surface area contributed by atoms with Crippen LogP contribution in [0.4, 0.5) is 5.69 Å². The van der Waals surface area contributed by atoms with E-state index in [-0.39, 0.29) is 11.8 Å². The van der Waals surface area contributed by atoms with Gasteiger partial charge in [-0.3, -0.25) is 9.48 Å². The summed E-state index contributed by atoms with van der Waals surface area (Å²) in [5, 5.41) is 7.53. The summed E-state index contributed by atoms with van der Waals surface area (Å²) in [6.45, 7) is 9.47. The van der Waals surface area contributed by atoms with Crippen molar-refractivity contribution in [3.8, 4) is 0 Å². The molecule has 0 radical (unpaired) electrons. The summed E-state index contributed by atoms with van der Waals surface area (Å²) < 4.78 is 7.24. The molecule has 0 bridgehead atoms. The van der Waals surface area contributed by atoms with Crippen molar-refractivity contribution in [3.63, 3.8) is 0 Å². The first kappa shape index (κ1) is 14.1. The van der Waals surface area contributed by atoms with Gasteiger partial charge >= 0.3 is 0 Å². The Morgan fingerprint density at radius 3 is 2.53 bits per heavy atom. The molecule has 1 aromatic heterocycles. The molecule has 5 heteroatoms. The maximum Gasteiger partial charge on any atom is 0.227 e. The van der Waals surface area contributed by atoms with Crippen LogP contribution in [0.3, 0.4) is 0 Å². The number of aromatic nitrogens is 2. The highest BCUT2D eigenvalue weighted by molar-refractivity contribution is 5.93. The number of anilines is 1. The maximum atomic E-state index is 12.2. The van der Waals surface area contributed by atoms with E-state index in [9.17, 15) is 4.79 Å². The summed E-state index contributed by atoms with van der Waals surface area (Å²) in [4.78, 5) is 12.2. The fourth-order valence-corrected chi connectivity index (χ4v) is 2.53. The number of nitrogens with one attached hydrogen (secondary N) is 1. The van der Waals surface area contributed by atoms with Gasteiger partial charge in [-0.15, -0.1) is 0 Å². The largest absolute Gasteiger partial charge is 0.381 e. The molecule has 0 aromatic carbocycles. The molecule has 19 heavy (non-hydrogen) atoms. The van der Waals surface area contributed by atoms with E-state index in [1.807, 2.05) is 18.5 Å². The molecule has 1 saturated heterocycles. The monoisotopic (exact) mass is 265 g/mol. The fraction of sp³-hybridized carbons (Fsp3) is 0.714. The molecule has 2 rings (SSSR count). The van der Waals surface area contributed by atoms with E-state index in [2.05, 4.69) is 24.3 Å².